The quantitative estimate of drug-likeness (QED) is 0.767. The summed E-state index contributed by atoms with van der Waals surface area (Å²) in [7, 11) is 2.19. The molecule has 0 amide bonds. The van der Waals surface area contributed by atoms with Crippen LogP contribution in [0.2, 0.25) is 0 Å². The third-order valence-corrected chi connectivity index (χ3v) is 4.91. The van der Waals surface area contributed by atoms with Gasteiger partial charge in [0.2, 0.25) is 0 Å². The second kappa shape index (κ2) is 6.55. The molecule has 100 valence electrons. The molecule has 0 aliphatic heterocycles. The van der Waals surface area contributed by atoms with Gasteiger partial charge in [-0.05, 0) is 43.2 Å². The lowest BCUT2D eigenvalue weighted by Crippen LogP contribution is -2.35. The minimum atomic E-state index is 0.676. The first-order valence-corrected chi connectivity index (χ1v) is 8.10. The number of nitrogens with zero attached hydrogens (tertiary/aromatic N) is 2. The molecule has 1 aliphatic rings. The molecule has 1 saturated carbocycles. The van der Waals surface area contributed by atoms with E-state index in [1.807, 2.05) is 6.20 Å². The van der Waals surface area contributed by atoms with E-state index < -0.39 is 0 Å². The van der Waals surface area contributed by atoms with Crippen LogP contribution in [0.5, 0.6) is 0 Å². The molecule has 2 rings (SSSR count). The van der Waals surface area contributed by atoms with Gasteiger partial charge in [-0.1, -0.05) is 35.3 Å². The molecule has 0 bridgehead atoms. The lowest BCUT2D eigenvalue weighted by atomic mass is 9.84. The summed E-state index contributed by atoms with van der Waals surface area (Å²) in [5.74, 6) is 2.07. The zero-order chi connectivity index (χ0) is 13.0. The standard InChI is InChI=1S/C15H23BrN2/c1-3-12-4-7-14(8-5-12)18(2)15-9-6-13(10-16)11-17-15/h6,9,11-12,14H,3-5,7-8,10H2,1-2H3. The van der Waals surface area contributed by atoms with Crippen molar-refractivity contribution in [1.82, 2.24) is 4.98 Å². The van der Waals surface area contributed by atoms with Crippen LogP contribution in [0.3, 0.4) is 0 Å². The maximum Gasteiger partial charge on any atom is 0.128 e. The molecule has 1 aromatic rings. The van der Waals surface area contributed by atoms with Crippen molar-refractivity contribution in [2.24, 2.45) is 5.92 Å². The Labute approximate surface area is 119 Å². The van der Waals surface area contributed by atoms with Crippen molar-refractivity contribution in [3.05, 3.63) is 23.9 Å². The highest BCUT2D eigenvalue weighted by atomic mass is 79.9. The molecule has 1 heterocycles. The molecular weight excluding hydrogens is 288 g/mol. The fraction of sp³-hybridized carbons (Fsp3) is 0.667. The number of halogens is 1. The fourth-order valence-corrected chi connectivity index (χ4v) is 3.16. The molecule has 1 aromatic heterocycles. The van der Waals surface area contributed by atoms with E-state index in [1.54, 1.807) is 0 Å². The summed E-state index contributed by atoms with van der Waals surface area (Å²) >= 11 is 3.46. The smallest absolute Gasteiger partial charge is 0.128 e. The molecular formula is C15H23BrN2. The highest BCUT2D eigenvalue weighted by Crippen LogP contribution is 2.30. The average Bonchev–Trinajstić information content (AvgIpc) is 2.47. The van der Waals surface area contributed by atoms with Crippen molar-refractivity contribution in [3.8, 4) is 0 Å². The topological polar surface area (TPSA) is 16.1 Å². The van der Waals surface area contributed by atoms with Crippen LogP contribution in [0.15, 0.2) is 18.3 Å². The second-order valence-electron chi connectivity index (χ2n) is 5.35. The summed E-state index contributed by atoms with van der Waals surface area (Å²) in [6.07, 6.45) is 8.70. The number of alkyl halides is 1. The number of pyridine rings is 1. The third kappa shape index (κ3) is 3.25. The van der Waals surface area contributed by atoms with Crippen molar-refractivity contribution in [1.29, 1.82) is 0 Å². The van der Waals surface area contributed by atoms with E-state index in [2.05, 4.69) is 51.9 Å². The molecule has 0 aromatic carbocycles. The van der Waals surface area contributed by atoms with Crippen LogP contribution in [0.4, 0.5) is 5.82 Å². The van der Waals surface area contributed by atoms with Crippen LogP contribution in [-0.4, -0.2) is 18.1 Å². The number of hydrogen-bond acceptors (Lipinski definition) is 2. The first kappa shape index (κ1) is 13.9. The Morgan fingerprint density at radius 3 is 2.50 bits per heavy atom. The van der Waals surface area contributed by atoms with Crippen molar-refractivity contribution in [2.75, 3.05) is 11.9 Å². The summed E-state index contributed by atoms with van der Waals surface area (Å²) in [4.78, 5) is 6.92. The zero-order valence-corrected chi connectivity index (χ0v) is 13.0. The van der Waals surface area contributed by atoms with Crippen molar-refractivity contribution in [3.63, 3.8) is 0 Å². The Balaban J connectivity index is 1.96. The molecule has 0 saturated heterocycles. The van der Waals surface area contributed by atoms with E-state index in [0.29, 0.717) is 6.04 Å². The van der Waals surface area contributed by atoms with E-state index in [-0.39, 0.29) is 0 Å². The molecule has 0 atom stereocenters. The van der Waals surface area contributed by atoms with Crippen LogP contribution < -0.4 is 4.90 Å². The maximum absolute atomic E-state index is 4.56. The van der Waals surface area contributed by atoms with Gasteiger partial charge in [0.25, 0.3) is 0 Å². The van der Waals surface area contributed by atoms with Crippen molar-refractivity contribution >= 4 is 21.7 Å². The van der Waals surface area contributed by atoms with Gasteiger partial charge in [-0.3, -0.25) is 0 Å². The Morgan fingerprint density at radius 1 is 1.28 bits per heavy atom. The SMILES string of the molecule is CCC1CCC(N(C)c2ccc(CBr)cn2)CC1. The van der Waals surface area contributed by atoms with Gasteiger partial charge in [-0.2, -0.15) is 0 Å². The van der Waals surface area contributed by atoms with E-state index >= 15 is 0 Å². The highest BCUT2D eigenvalue weighted by molar-refractivity contribution is 9.08. The van der Waals surface area contributed by atoms with E-state index in [1.165, 1.54) is 37.7 Å². The molecule has 0 N–H and O–H groups in total. The lowest BCUT2D eigenvalue weighted by molar-refractivity contribution is 0.313. The van der Waals surface area contributed by atoms with Gasteiger partial charge in [0.15, 0.2) is 0 Å². The van der Waals surface area contributed by atoms with E-state index in [9.17, 15) is 0 Å². The fourth-order valence-electron chi connectivity index (χ4n) is 2.83. The zero-order valence-electron chi connectivity index (χ0n) is 11.4. The van der Waals surface area contributed by atoms with Gasteiger partial charge in [0, 0.05) is 24.6 Å². The van der Waals surface area contributed by atoms with Crippen molar-refractivity contribution < 1.29 is 0 Å². The van der Waals surface area contributed by atoms with Crippen molar-refractivity contribution in [2.45, 2.75) is 50.4 Å². The van der Waals surface area contributed by atoms with Crippen LogP contribution >= 0.6 is 15.9 Å². The molecule has 0 spiro atoms. The first-order chi connectivity index (χ1) is 8.74. The first-order valence-electron chi connectivity index (χ1n) is 6.98. The second-order valence-corrected chi connectivity index (χ2v) is 5.91. The van der Waals surface area contributed by atoms with Gasteiger partial charge in [-0.25, -0.2) is 4.98 Å². The van der Waals surface area contributed by atoms with E-state index in [4.69, 9.17) is 0 Å². The minimum Gasteiger partial charge on any atom is -0.357 e. The van der Waals surface area contributed by atoms with Crippen LogP contribution in [0.25, 0.3) is 0 Å². The number of rotatable bonds is 4. The predicted octanol–water partition coefficient (Wildman–Crippen LogP) is 4.38. The summed E-state index contributed by atoms with van der Waals surface area (Å²) in [5.41, 5.74) is 1.24. The molecule has 1 fully saturated rings. The largest absolute Gasteiger partial charge is 0.357 e. The van der Waals surface area contributed by atoms with Gasteiger partial charge in [-0.15, -0.1) is 0 Å². The molecule has 1 aliphatic carbocycles. The highest BCUT2D eigenvalue weighted by Gasteiger charge is 2.23. The normalized spacial score (nSPS) is 23.9. The Bertz CT molecular complexity index is 355. The Kier molecular flexibility index (Phi) is 5.04. The number of hydrogen-bond donors (Lipinski definition) is 0. The molecule has 3 heteroatoms. The minimum absolute atomic E-state index is 0.676. The van der Waals surface area contributed by atoms with Gasteiger partial charge in [0.1, 0.15) is 5.82 Å². The van der Waals surface area contributed by atoms with E-state index in [0.717, 1.165) is 17.1 Å². The molecule has 18 heavy (non-hydrogen) atoms. The number of anilines is 1. The Hall–Kier alpha value is -0.570. The summed E-state index contributed by atoms with van der Waals surface area (Å²) in [6.45, 7) is 2.31. The molecule has 2 nitrogen and oxygen atoms in total. The van der Waals surface area contributed by atoms with Crippen LogP contribution in [-0.2, 0) is 5.33 Å². The van der Waals surface area contributed by atoms with Gasteiger partial charge in [0.05, 0.1) is 0 Å². The molecule has 0 unspecified atom stereocenters. The monoisotopic (exact) mass is 310 g/mol. The van der Waals surface area contributed by atoms with Crippen LogP contribution in [0, 0.1) is 5.92 Å². The summed E-state index contributed by atoms with van der Waals surface area (Å²) in [6, 6.07) is 4.98. The Morgan fingerprint density at radius 2 is 2.00 bits per heavy atom. The maximum atomic E-state index is 4.56. The van der Waals surface area contributed by atoms with Gasteiger partial charge >= 0.3 is 0 Å². The number of aromatic nitrogens is 1. The third-order valence-electron chi connectivity index (χ3n) is 4.27. The van der Waals surface area contributed by atoms with Crippen LogP contribution in [0.1, 0.15) is 44.6 Å². The lowest BCUT2D eigenvalue weighted by Gasteiger charge is -2.35. The predicted molar refractivity (Wildman–Crippen MR) is 81.3 cm³/mol. The summed E-state index contributed by atoms with van der Waals surface area (Å²) < 4.78 is 0. The average molecular weight is 311 g/mol. The van der Waals surface area contributed by atoms with Gasteiger partial charge < -0.3 is 4.90 Å². The summed E-state index contributed by atoms with van der Waals surface area (Å²) in [5, 5.41) is 0.881. The molecule has 0 radical (unpaired) electrons.